The highest BCUT2D eigenvalue weighted by molar-refractivity contribution is 7.20. The molecule has 1 fully saturated rings. The largest absolute Gasteiger partial charge is 0.484 e. The topological polar surface area (TPSA) is 51.7 Å². The molecule has 0 radical (unpaired) electrons. The van der Waals surface area contributed by atoms with E-state index in [-0.39, 0.29) is 18.6 Å². The summed E-state index contributed by atoms with van der Waals surface area (Å²) >= 11 is 7.70. The second kappa shape index (κ2) is 9.23. The first-order valence-corrected chi connectivity index (χ1v) is 11.4. The first-order valence-electron chi connectivity index (χ1n) is 10.2. The van der Waals surface area contributed by atoms with Crippen molar-refractivity contribution in [1.29, 1.82) is 0 Å². The van der Waals surface area contributed by atoms with Gasteiger partial charge < -0.3 is 14.4 Å². The van der Waals surface area contributed by atoms with Crippen molar-refractivity contribution in [1.82, 2.24) is 9.88 Å². The second-order valence-electron chi connectivity index (χ2n) is 7.78. The van der Waals surface area contributed by atoms with Gasteiger partial charge in [-0.2, -0.15) is 0 Å². The van der Waals surface area contributed by atoms with Crippen LogP contribution in [0.4, 0.5) is 0 Å². The highest BCUT2D eigenvalue weighted by Gasteiger charge is 2.25. The molecule has 1 aromatic heterocycles. The zero-order valence-corrected chi connectivity index (χ0v) is 18.7. The van der Waals surface area contributed by atoms with Crippen LogP contribution < -0.4 is 9.47 Å². The molecule has 1 aliphatic rings. The van der Waals surface area contributed by atoms with Crippen molar-refractivity contribution >= 4 is 39.1 Å². The number of amides is 1. The van der Waals surface area contributed by atoms with E-state index in [9.17, 15) is 4.79 Å². The van der Waals surface area contributed by atoms with Gasteiger partial charge in [0.15, 0.2) is 6.61 Å². The van der Waals surface area contributed by atoms with Crippen LogP contribution in [0.15, 0.2) is 42.5 Å². The van der Waals surface area contributed by atoms with Crippen LogP contribution in [0, 0.1) is 0 Å². The molecule has 1 amide bonds. The third-order valence-corrected chi connectivity index (χ3v) is 6.54. The Bertz CT molecular complexity index is 1010. The molecule has 4 rings (SSSR count). The molecule has 30 heavy (non-hydrogen) atoms. The Kier molecular flexibility index (Phi) is 6.44. The normalized spacial score (nSPS) is 15.0. The molecule has 0 bridgehead atoms. The van der Waals surface area contributed by atoms with E-state index < -0.39 is 0 Å². The van der Waals surface area contributed by atoms with Gasteiger partial charge in [0.05, 0.1) is 9.72 Å². The average molecular weight is 445 g/mol. The van der Waals surface area contributed by atoms with Crippen LogP contribution in [0.5, 0.6) is 10.9 Å². The van der Waals surface area contributed by atoms with Crippen LogP contribution in [0.2, 0.25) is 5.02 Å². The zero-order chi connectivity index (χ0) is 21.1. The molecule has 0 N–H and O–H groups in total. The maximum absolute atomic E-state index is 12.5. The Morgan fingerprint density at radius 1 is 1.20 bits per heavy atom. The summed E-state index contributed by atoms with van der Waals surface area (Å²) in [7, 11) is 0. The molecule has 7 heteroatoms. The molecular weight excluding hydrogens is 420 g/mol. The first-order chi connectivity index (χ1) is 14.5. The predicted octanol–water partition coefficient (Wildman–Crippen LogP) is 5.52. The number of thiazole rings is 1. The quantitative estimate of drug-likeness (QED) is 0.502. The summed E-state index contributed by atoms with van der Waals surface area (Å²) in [4.78, 5) is 18.9. The fourth-order valence-electron chi connectivity index (χ4n) is 3.50. The monoisotopic (exact) mass is 444 g/mol. The molecule has 0 spiro atoms. The van der Waals surface area contributed by atoms with Gasteiger partial charge >= 0.3 is 0 Å². The predicted molar refractivity (Wildman–Crippen MR) is 121 cm³/mol. The SMILES string of the molecule is CC(C)c1ccc(OCC(=O)N2CCC(Oc3nc4c(Cl)cccc4s3)CC2)cc1. The van der Waals surface area contributed by atoms with Crippen LogP contribution in [-0.4, -0.2) is 41.6 Å². The summed E-state index contributed by atoms with van der Waals surface area (Å²) in [6.07, 6.45) is 1.61. The van der Waals surface area contributed by atoms with E-state index in [4.69, 9.17) is 21.1 Å². The van der Waals surface area contributed by atoms with E-state index >= 15 is 0 Å². The van der Waals surface area contributed by atoms with Crippen molar-refractivity contribution < 1.29 is 14.3 Å². The molecule has 5 nitrogen and oxygen atoms in total. The zero-order valence-electron chi connectivity index (χ0n) is 17.1. The Labute approximate surface area is 185 Å². The van der Waals surface area contributed by atoms with Crippen molar-refractivity contribution in [2.24, 2.45) is 0 Å². The number of nitrogens with zero attached hydrogens (tertiary/aromatic N) is 2. The van der Waals surface area contributed by atoms with Gasteiger partial charge in [0.25, 0.3) is 11.1 Å². The van der Waals surface area contributed by atoms with Crippen molar-refractivity contribution in [3.63, 3.8) is 0 Å². The van der Waals surface area contributed by atoms with Crippen LogP contribution >= 0.6 is 22.9 Å². The molecule has 158 valence electrons. The number of carbonyl (C=O) groups is 1. The molecule has 2 aromatic carbocycles. The number of likely N-dealkylation sites (tertiary alicyclic amines) is 1. The van der Waals surface area contributed by atoms with Crippen LogP contribution in [0.25, 0.3) is 10.2 Å². The minimum atomic E-state index is 0.00755. The number of piperidine rings is 1. The maximum Gasteiger partial charge on any atom is 0.274 e. The molecule has 0 atom stereocenters. The maximum atomic E-state index is 12.5. The summed E-state index contributed by atoms with van der Waals surface area (Å²) < 4.78 is 12.8. The van der Waals surface area contributed by atoms with E-state index in [0.29, 0.717) is 29.2 Å². The number of hydrogen-bond donors (Lipinski definition) is 0. The van der Waals surface area contributed by atoms with Crippen molar-refractivity contribution in [2.45, 2.75) is 38.7 Å². The molecular formula is C23H25ClN2O3S. The summed E-state index contributed by atoms with van der Waals surface area (Å²) in [5.41, 5.74) is 2.04. The Morgan fingerprint density at radius 2 is 1.93 bits per heavy atom. The molecule has 0 aliphatic carbocycles. The minimum absolute atomic E-state index is 0.00755. The second-order valence-corrected chi connectivity index (χ2v) is 9.18. The van der Waals surface area contributed by atoms with Gasteiger partial charge in [-0.15, -0.1) is 0 Å². The fraction of sp³-hybridized carbons (Fsp3) is 0.391. The number of para-hydroxylation sites is 1. The number of carbonyl (C=O) groups excluding carboxylic acids is 1. The first kappa shape index (κ1) is 20.9. The lowest BCUT2D eigenvalue weighted by molar-refractivity contribution is -0.135. The smallest absolute Gasteiger partial charge is 0.274 e. The van der Waals surface area contributed by atoms with Crippen LogP contribution in [0.1, 0.15) is 38.2 Å². The van der Waals surface area contributed by atoms with Gasteiger partial charge in [-0.05, 0) is 35.7 Å². The fourth-order valence-corrected chi connectivity index (χ4v) is 4.68. The van der Waals surface area contributed by atoms with Crippen LogP contribution in [0.3, 0.4) is 0 Å². The highest BCUT2D eigenvalue weighted by atomic mass is 35.5. The van der Waals surface area contributed by atoms with Gasteiger partial charge in [0, 0.05) is 25.9 Å². The van der Waals surface area contributed by atoms with E-state index in [1.165, 1.54) is 16.9 Å². The van der Waals surface area contributed by atoms with Crippen LogP contribution in [-0.2, 0) is 4.79 Å². The molecule has 1 aliphatic heterocycles. The number of halogens is 1. The molecule has 2 heterocycles. The van der Waals surface area contributed by atoms with Crippen molar-refractivity contribution in [2.75, 3.05) is 19.7 Å². The van der Waals surface area contributed by atoms with E-state index in [0.717, 1.165) is 28.8 Å². The van der Waals surface area contributed by atoms with Gasteiger partial charge in [-0.25, -0.2) is 4.98 Å². The standard InChI is InChI=1S/C23H25ClN2O3S/c1-15(2)16-6-8-17(9-7-16)28-14-21(27)26-12-10-18(11-13-26)29-23-25-22-19(24)4-3-5-20(22)30-23/h3-9,15,18H,10-14H2,1-2H3. The summed E-state index contributed by atoms with van der Waals surface area (Å²) in [6.45, 7) is 5.68. The highest BCUT2D eigenvalue weighted by Crippen LogP contribution is 2.33. The lowest BCUT2D eigenvalue weighted by Gasteiger charge is -2.31. The number of benzene rings is 2. The molecule has 0 unspecified atom stereocenters. The van der Waals surface area contributed by atoms with Crippen molar-refractivity contribution in [3.05, 3.63) is 53.1 Å². The van der Waals surface area contributed by atoms with E-state index in [1.54, 1.807) is 0 Å². The number of rotatable bonds is 6. The molecule has 3 aromatic rings. The summed E-state index contributed by atoms with van der Waals surface area (Å²) in [5.74, 6) is 1.21. The average Bonchev–Trinajstić information content (AvgIpc) is 3.17. The number of aromatic nitrogens is 1. The number of fused-ring (bicyclic) bond motifs is 1. The van der Waals surface area contributed by atoms with Crippen molar-refractivity contribution in [3.8, 4) is 10.9 Å². The summed E-state index contributed by atoms with van der Waals surface area (Å²) in [6, 6.07) is 13.7. The van der Waals surface area contributed by atoms with E-state index in [1.807, 2.05) is 47.4 Å². The third kappa shape index (κ3) is 4.87. The Hall–Kier alpha value is -2.31. The van der Waals surface area contributed by atoms with E-state index in [2.05, 4.69) is 18.8 Å². The van der Waals surface area contributed by atoms with Gasteiger partial charge in [-0.3, -0.25) is 4.79 Å². The Morgan fingerprint density at radius 3 is 2.60 bits per heavy atom. The number of ether oxygens (including phenoxy) is 2. The third-order valence-electron chi connectivity index (χ3n) is 5.32. The lowest BCUT2D eigenvalue weighted by Crippen LogP contribution is -2.43. The number of hydrogen-bond acceptors (Lipinski definition) is 5. The van der Waals surface area contributed by atoms with Gasteiger partial charge in [0.2, 0.25) is 0 Å². The minimum Gasteiger partial charge on any atom is -0.484 e. The van der Waals surface area contributed by atoms with Gasteiger partial charge in [-0.1, -0.05) is 55.0 Å². The van der Waals surface area contributed by atoms with Gasteiger partial charge in [0.1, 0.15) is 17.4 Å². The summed E-state index contributed by atoms with van der Waals surface area (Å²) in [5, 5.41) is 1.27. The molecule has 1 saturated heterocycles. The lowest BCUT2D eigenvalue weighted by atomic mass is 10.0. The Balaban J connectivity index is 1.25. The molecule has 0 saturated carbocycles.